The zero-order chi connectivity index (χ0) is 41.5. The summed E-state index contributed by atoms with van der Waals surface area (Å²) in [4.78, 5) is 34.8. The Hall–Kier alpha value is -5.70. The Morgan fingerprint density at radius 3 is 0.525 bits per heavy atom. The Bertz CT molecular complexity index is 1820. The number of rotatable bonds is 12. The first kappa shape index (κ1) is 49.4. The van der Waals surface area contributed by atoms with Crippen molar-refractivity contribution < 1.29 is 34.8 Å². The van der Waals surface area contributed by atoms with Crippen molar-refractivity contribution >= 4 is 88.6 Å². The average Bonchev–Trinajstić information content (AvgIpc) is 3.27. The predicted octanol–water partition coefficient (Wildman–Crippen LogP) is 13.9. The summed E-state index contributed by atoms with van der Waals surface area (Å²) in [6.07, 6.45) is 20.4. The van der Waals surface area contributed by atoms with E-state index < -0.39 is 4.30 Å². The maximum atomic E-state index is 11.6. The van der Waals surface area contributed by atoms with Gasteiger partial charge in [-0.25, -0.2) is 0 Å². The van der Waals surface area contributed by atoms with Crippen LogP contribution in [0.2, 0.25) is 0 Å². The largest absolute Gasteiger partial charge is 0.290 e. The number of carbonyl (C=O) groups is 3. The maximum absolute atomic E-state index is 11.6. The summed E-state index contributed by atoms with van der Waals surface area (Å²) in [5.74, 6) is -0.0341. The van der Waals surface area contributed by atoms with Crippen LogP contribution >= 0.6 is 34.8 Å². The third-order valence-electron chi connectivity index (χ3n) is 7.44. The summed E-state index contributed by atoms with van der Waals surface area (Å²) >= 11 is 14.4. The van der Waals surface area contributed by atoms with E-state index in [1.807, 2.05) is 218 Å². The van der Waals surface area contributed by atoms with Gasteiger partial charge in [0.1, 0.15) is 0 Å². The fourth-order valence-corrected chi connectivity index (χ4v) is 4.62. The van der Waals surface area contributed by atoms with E-state index in [2.05, 4.69) is 0 Å². The van der Waals surface area contributed by atoms with Gasteiger partial charge >= 0.3 is 0 Å². The number of carbonyl (C=O) groups excluding carboxylic acids is 3. The SMILES string of the molecule is ClC(Cl)Cl.O=C(/C=C/c1ccccc1)/C=C/c1ccccc1.O=C(/C=C/c1ccccc1)/C=C/c1ccccc1.O=C(/C=C/c1ccccc1)/C=C/c1ccccc1.[Pd]. The van der Waals surface area contributed by atoms with Crippen molar-refractivity contribution in [1.29, 1.82) is 0 Å². The smallest absolute Gasteiger partial charge is 0.180 e. The first-order chi connectivity index (χ1) is 28.3. The standard InChI is InChI=1S/3C17H14O.CHCl3.Pd/c3*18-17(13-11-15-7-3-1-4-8-15)14-12-16-9-5-2-6-10-16;2-1(3)4;/h3*1-14H;1H;/b3*13-11+,14-12+;;. The molecule has 0 aromatic heterocycles. The molecule has 0 N–H and O–H groups in total. The van der Waals surface area contributed by atoms with Crippen molar-refractivity contribution in [2.75, 3.05) is 0 Å². The van der Waals surface area contributed by atoms with Crippen molar-refractivity contribution in [3.63, 3.8) is 0 Å². The average molecular weight is 929 g/mol. The molecule has 0 unspecified atom stereocenters. The van der Waals surface area contributed by atoms with Gasteiger partial charge in [0.15, 0.2) is 21.6 Å². The Kier molecular flexibility index (Phi) is 26.2. The van der Waals surface area contributed by atoms with Crippen LogP contribution in [0.5, 0.6) is 0 Å². The normalized spacial score (nSPS) is 10.8. The fourth-order valence-electron chi connectivity index (χ4n) is 4.62. The molecule has 0 atom stereocenters. The molecule has 0 amide bonds. The molecule has 300 valence electrons. The summed E-state index contributed by atoms with van der Waals surface area (Å²) in [6.45, 7) is 0. The van der Waals surface area contributed by atoms with Crippen molar-refractivity contribution in [2.24, 2.45) is 0 Å². The molecule has 0 saturated heterocycles. The van der Waals surface area contributed by atoms with Crippen LogP contribution in [0, 0.1) is 0 Å². The summed E-state index contributed by atoms with van der Waals surface area (Å²) in [7, 11) is 0. The molecular formula is C52H43Cl3O3Pd. The fraction of sp³-hybridized carbons (Fsp3) is 0.0192. The molecule has 0 saturated carbocycles. The summed E-state index contributed by atoms with van der Waals surface area (Å²) in [5, 5.41) is 0. The minimum absolute atomic E-state index is 0. The van der Waals surface area contributed by atoms with Gasteiger partial charge in [-0.15, -0.1) is 0 Å². The van der Waals surface area contributed by atoms with E-state index in [1.165, 1.54) is 0 Å². The molecule has 0 spiro atoms. The van der Waals surface area contributed by atoms with E-state index in [0.717, 1.165) is 33.4 Å². The van der Waals surface area contributed by atoms with E-state index in [9.17, 15) is 14.4 Å². The molecular weight excluding hydrogens is 885 g/mol. The number of benzene rings is 6. The number of ketones is 3. The number of alkyl halides is 3. The van der Waals surface area contributed by atoms with Crippen LogP contribution in [0.15, 0.2) is 218 Å². The van der Waals surface area contributed by atoms with Gasteiger partial charge in [0.25, 0.3) is 0 Å². The Balaban J connectivity index is 0.000000289. The second kappa shape index (κ2) is 31.3. The number of hydrogen-bond acceptors (Lipinski definition) is 3. The third kappa shape index (κ3) is 25.3. The first-order valence-corrected chi connectivity index (χ1v) is 19.5. The third-order valence-corrected chi connectivity index (χ3v) is 7.44. The van der Waals surface area contributed by atoms with Gasteiger partial charge in [-0.2, -0.15) is 0 Å². The van der Waals surface area contributed by atoms with Crippen molar-refractivity contribution in [3.05, 3.63) is 252 Å². The zero-order valence-electron chi connectivity index (χ0n) is 32.0. The van der Waals surface area contributed by atoms with Gasteiger partial charge in [-0.3, -0.25) is 14.4 Å². The molecule has 0 radical (unpaired) electrons. The van der Waals surface area contributed by atoms with E-state index in [0.29, 0.717) is 0 Å². The van der Waals surface area contributed by atoms with Crippen LogP contribution in [0.25, 0.3) is 36.5 Å². The minimum Gasteiger partial charge on any atom is -0.290 e. The molecule has 7 heteroatoms. The molecule has 6 aromatic rings. The van der Waals surface area contributed by atoms with Gasteiger partial charge in [0, 0.05) is 20.4 Å². The van der Waals surface area contributed by atoms with Gasteiger partial charge in [-0.1, -0.05) is 253 Å². The van der Waals surface area contributed by atoms with Crippen molar-refractivity contribution in [3.8, 4) is 0 Å². The van der Waals surface area contributed by atoms with E-state index in [4.69, 9.17) is 34.8 Å². The maximum Gasteiger partial charge on any atom is 0.180 e. The van der Waals surface area contributed by atoms with E-state index in [-0.39, 0.29) is 37.8 Å². The van der Waals surface area contributed by atoms with Crippen molar-refractivity contribution in [2.45, 2.75) is 4.30 Å². The summed E-state index contributed by atoms with van der Waals surface area (Å²) in [6, 6.07) is 58.7. The second-order valence-electron chi connectivity index (χ2n) is 11.9. The molecule has 6 aromatic carbocycles. The molecule has 0 heterocycles. The van der Waals surface area contributed by atoms with Crippen LogP contribution in [0.4, 0.5) is 0 Å². The Labute approximate surface area is 377 Å². The molecule has 0 fully saturated rings. The number of hydrogen-bond donors (Lipinski definition) is 0. The number of halogens is 3. The molecule has 0 aliphatic rings. The van der Waals surface area contributed by atoms with E-state index in [1.54, 1.807) is 36.5 Å². The molecule has 6 rings (SSSR count). The quantitative estimate of drug-likeness (QED) is 0.0698. The van der Waals surface area contributed by atoms with E-state index >= 15 is 0 Å². The summed E-state index contributed by atoms with van der Waals surface area (Å²) < 4.78 is -0.750. The number of allylic oxidation sites excluding steroid dienone is 6. The predicted molar refractivity (Wildman–Crippen MR) is 249 cm³/mol. The summed E-state index contributed by atoms with van der Waals surface area (Å²) in [5.41, 5.74) is 6.16. The van der Waals surface area contributed by atoms with Gasteiger partial charge < -0.3 is 0 Å². The van der Waals surface area contributed by atoms with Crippen LogP contribution < -0.4 is 0 Å². The van der Waals surface area contributed by atoms with Crippen molar-refractivity contribution in [1.82, 2.24) is 0 Å². The zero-order valence-corrected chi connectivity index (χ0v) is 35.8. The van der Waals surface area contributed by atoms with Crippen LogP contribution in [-0.2, 0) is 34.8 Å². The van der Waals surface area contributed by atoms with Gasteiger partial charge in [0.05, 0.1) is 0 Å². The Morgan fingerprint density at radius 1 is 0.288 bits per heavy atom. The molecule has 0 aliphatic heterocycles. The molecule has 59 heavy (non-hydrogen) atoms. The molecule has 0 aliphatic carbocycles. The molecule has 3 nitrogen and oxygen atoms in total. The minimum atomic E-state index is -0.750. The monoisotopic (exact) mass is 926 g/mol. The second-order valence-corrected chi connectivity index (χ2v) is 13.9. The topological polar surface area (TPSA) is 51.2 Å². The first-order valence-electron chi connectivity index (χ1n) is 18.2. The van der Waals surface area contributed by atoms with Crippen LogP contribution in [0.3, 0.4) is 0 Å². The van der Waals surface area contributed by atoms with Crippen LogP contribution in [0.1, 0.15) is 33.4 Å². The van der Waals surface area contributed by atoms with Gasteiger partial charge in [-0.05, 0) is 69.8 Å². The Morgan fingerprint density at radius 2 is 0.407 bits per heavy atom. The van der Waals surface area contributed by atoms with Gasteiger partial charge in [0.2, 0.25) is 0 Å². The molecule has 0 bridgehead atoms. The van der Waals surface area contributed by atoms with Crippen LogP contribution in [-0.4, -0.2) is 21.6 Å².